The summed E-state index contributed by atoms with van der Waals surface area (Å²) in [6.07, 6.45) is 0. The Morgan fingerprint density at radius 3 is 2.93 bits per heavy atom. The third kappa shape index (κ3) is 2.34. The lowest BCUT2D eigenvalue weighted by Crippen LogP contribution is -2.34. The zero-order valence-corrected chi connectivity index (χ0v) is 10.6. The highest BCUT2D eigenvalue weighted by Gasteiger charge is 2.18. The molecule has 0 amide bonds. The molecule has 5 heteroatoms. The zero-order chi connectivity index (χ0) is 9.97. The Morgan fingerprint density at radius 2 is 2.29 bits per heavy atom. The SMILES string of the molecule is Brc1ccc(C2COCCN2)c(Br)n1. The van der Waals surface area contributed by atoms with Crippen molar-refractivity contribution >= 4 is 31.9 Å². The minimum atomic E-state index is 0.249. The van der Waals surface area contributed by atoms with Gasteiger partial charge in [-0.2, -0.15) is 0 Å². The third-order valence-corrected chi connectivity index (χ3v) is 3.22. The Hall–Kier alpha value is 0.0300. The predicted molar refractivity (Wildman–Crippen MR) is 61.2 cm³/mol. The van der Waals surface area contributed by atoms with Crippen LogP contribution in [0.15, 0.2) is 21.3 Å². The molecule has 1 fully saturated rings. The summed E-state index contributed by atoms with van der Waals surface area (Å²) in [5.74, 6) is 0. The summed E-state index contributed by atoms with van der Waals surface area (Å²) in [7, 11) is 0. The molecular weight excluding hydrogens is 312 g/mol. The van der Waals surface area contributed by atoms with Crippen LogP contribution >= 0.6 is 31.9 Å². The predicted octanol–water partition coefficient (Wildman–Crippen LogP) is 2.27. The first-order valence-corrected chi connectivity index (χ1v) is 5.99. The van der Waals surface area contributed by atoms with E-state index in [0.29, 0.717) is 6.61 Å². The maximum atomic E-state index is 5.40. The quantitative estimate of drug-likeness (QED) is 0.806. The van der Waals surface area contributed by atoms with Gasteiger partial charge in [-0.1, -0.05) is 6.07 Å². The molecule has 1 unspecified atom stereocenters. The molecule has 1 saturated heterocycles. The topological polar surface area (TPSA) is 34.1 Å². The monoisotopic (exact) mass is 320 g/mol. The van der Waals surface area contributed by atoms with Gasteiger partial charge in [-0.15, -0.1) is 0 Å². The second-order valence-corrected chi connectivity index (χ2v) is 4.66. The maximum Gasteiger partial charge on any atom is 0.112 e. The van der Waals surface area contributed by atoms with Crippen LogP contribution < -0.4 is 5.32 Å². The standard InChI is InChI=1S/C9H10Br2N2O/c10-8-2-1-6(9(11)13-8)7-5-14-4-3-12-7/h1-2,7,12H,3-5H2. The van der Waals surface area contributed by atoms with Gasteiger partial charge < -0.3 is 10.1 Å². The molecule has 1 aromatic heterocycles. The van der Waals surface area contributed by atoms with Crippen LogP contribution in [0.4, 0.5) is 0 Å². The first kappa shape index (κ1) is 10.5. The molecule has 76 valence electrons. The Balaban J connectivity index is 2.22. The molecule has 1 N–H and O–H groups in total. The smallest absolute Gasteiger partial charge is 0.112 e. The van der Waals surface area contributed by atoms with E-state index in [1.807, 2.05) is 12.1 Å². The number of pyridine rings is 1. The number of rotatable bonds is 1. The number of hydrogen-bond acceptors (Lipinski definition) is 3. The lowest BCUT2D eigenvalue weighted by molar-refractivity contribution is 0.0765. The number of ether oxygens (including phenoxy) is 1. The third-order valence-electron chi connectivity index (χ3n) is 2.14. The summed E-state index contributed by atoms with van der Waals surface area (Å²) in [6.45, 7) is 2.40. The Morgan fingerprint density at radius 1 is 1.43 bits per heavy atom. The van der Waals surface area contributed by atoms with Crippen LogP contribution in [0, 0.1) is 0 Å². The number of morpholine rings is 1. The molecule has 0 spiro atoms. The van der Waals surface area contributed by atoms with Crippen molar-refractivity contribution in [3.63, 3.8) is 0 Å². The fourth-order valence-corrected chi connectivity index (χ4v) is 2.59. The van der Waals surface area contributed by atoms with Gasteiger partial charge in [0.15, 0.2) is 0 Å². The Kier molecular flexibility index (Phi) is 3.54. The molecule has 2 heterocycles. The highest BCUT2D eigenvalue weighted by Crippen LogP contribution is 2.24. The van der Waals surface area contributed by atoms with Crippen LogP contribution in [-0.4, -0.2) is 24.7 Å². The first-order valence-electron chi connectivity index (χ1n) is 4.40. The molecular formula is C9H10Br2N2O. The molecule has 2 rings (SSSR count). The molecule has 3 nitrogen and oxygen atoms in total. The minimum absolute atomic E-state index is 0.249. The molecule has 0 aromatic carbocycles. The highest BCUT2D eigenvalue weighted by atomic mass is 79.9. The molecule has 0 saturated carbocycles. The highest BCUT2D eigenvalue weighted by molar-refractivity contribution is 9.11. The summed E-state index contributed by atoms with van der Waals surface area (Å²) in [4.78, 5) is 4.29. The zero-order valence-electron chi connectivity index (χ0n) is 7.46. The van der Waals surface area contributed by atoms with Gasteiger partial charge in [0.2, 0.25) is 0 Å². The molecule has 1 aliphatic heterocycles. The van der Waals surface area contributed by atoms with Crippen molar-refractivity contribution in [3.8, 4) is 0 Å². The molecule has 14 heavy (non-hydrogen) atoms. The number of halogens is 2. The lowest BCUT2D eigenvalue weighted by Gasteiger charge is -2.24. The van der Waals surface area contributed by atoms with E-state index in [0.717, 1.165) is 27.9 Å². The van der Waals surface area contributed by atoms with Crippen molar-refractivity contribution in [3.05, 3.63) is 26.9 Å². The Labute approximate surface area is 99.5 Å². The molecule has 0 aliphatic carbocycles. The van der Waals surface area contributed by atoms with E-state index in [9.17, 15) is 0 Å². The average Bonchev–Trinajstić information content (AvgIpc) is 2.19. The molecule has 1 aromatic rings. The van der Waals surface area contributed by atoms with Crippen LogP contribution in [0.2, 0.25) is 0 Å². The number of hydrogen-bond donors (Lipinski definition) is 1. The molecule has 1 aliphatic rings. The molecule has 0 bridgehead atoms. The van der Waals surface area contributed by atoms with Crippen LogP contribution in [0.3, 0.4) is 0 Å². The normalized spacial score (nSPS) is 22.3. The van der Waals surface area contributed by atoms with E-state index >= 15 is 0 Å². The largest absolute Gasteiger partial charge is 0.378 e. The number of nitrogens with one attached hydrogen (secondary N) is 1. The van der Waals surface area contributed by atoms with E-state index < -0.39 is 0 Å². The second kappa shape index (κ2) is 4.70. The van der Waals surface area contributed by atoms with Gasteiger partial charge in [-0.25, -0.2) is 4.98 Å². The van der Waals surface area contributed by atoms with Gasteiger partial charge >= 0.3 is 0 Å². The fraction of sp³-hybridized carbons (Fsp3) is 0.444. The maximum absolute atomic E-state index is 5.40. The van der Waals surface area contributed by atoms with Gasteiger partial charge in [0, 0.05) is 12.1 Å². The van der Waals surface area contributed by atoms with Crippen molar-refractivity contribution in [2.24, 2.45) is 0 Å². The minimum Gasteiger partial charge on any atom is -0.378 e. The van der Waals surface area contributed by atoms with E-state index in [4.69, 9.17) is 4.74 Å². The van der Waals surface area contributed by atoms with Gasteiger partial charge in [0.1, 0.15) is 9.21 Å². The summed E-state index contributed by atoms with van der Waals surface area (Å²) in [6, 6.07) is 4.24. The summed E-state index contributed by atoms with van der Waals surface area (Å²) < 4.78 is 7.11. The summed E-state index contributed by atoms with van der Waals surface area (Å²) >= 11 is 6.77. The van der Waals surface area contributed by atoms with Crippen LogP contribution in [0.1, 0.15) is 11.6 Å². The van der Waals surface area contributed by atoms with Crippen molar-refractivity contribution in [1.29, 1.82) is 0 Å². The lowest BCUT2D eigenvalue weighted by atomic mass is 10.1. The van der Waals surface area contributed by atoms with Crippen molar-refractivity contribution in [1.82, 2.24) is 10.3 Å². The first-order chi connectivity index (χ1) is 6.77. The average molecular weight is 322 g/mol. The van der Waals surface area contributed by atoms with Gasteiger partial charge in [-0.05, 0) is 37.9 Å². The van der Waals surface area contributed by atoms with Crippen LogP contribution in [0.25, 0.3) is 0 Å². The van der Waals surface area contributed by atoms with Gasteiger partial charge in [0.25, 0.3) is 0 Å². The Bertz CT molecular complexity index is 327. The van der Waals surface area contributed by atoms with E-state index in [2.05, 4.69) is 42.2 Å². The fourth-order valence-electron chi connectivity index (χ4n) is 1.45. The van der Waals surface area contributed by atoms with Gasteiger partial charge in [-0.3, -0.25) is 0 Å². The van der Waals surface area contributed by atoms with E-state index in [1.54, 1.807) is 0 Å². The van der Waals surface area contributed by atoms with Gasteiger partial charge in [0.05, 0.1) is 19.3 Å². The molecule has 1 atom stereocenters. The van der Waals surface area contributed by atoms with Crippen molar-refractivity contribution in [2.45, 2.75) is 6.04 Å². The van der Waals surface area contributed by atoms with Crippen molar-refractivity contribution in [2.75, 3.05) is 19.8 Å². The second-order valence-electron chi connectivity index (χ2n) is 3.10. The summed E-state index contributed by atoms with van der Waals surface area (Å²) in [5, 5.41) is 3.39. The summed E-state index contributed by atoms with van der Waals surface area (Å²) in [5.41, 5.74) is 1.15. The number of nitrogens with zero attached hydrogens (tertiary/aromatic N) is 1. The van der Waals surface area contributed by atoms with E-state index in [-0.39, 0.29) is 6.04 Å². The molecule has 0 radical (unpaired) electrons. The van der Waals surface area contributed by atoms with Crippen LogP contribution in [0.5, 0.6) is 0 Å². The van der Waals surface area contributed by atoms with Crippen molar-refractivity contribution < 1.29 is 4.74 Å². The number of aromatic nitrogens is 1. The van der Waals surface area contributed by atoms with E-state index in [1.165, 1.54) is 0 Å². The van der Waals surface area contributed by atoms with Crippen LogP contribution in [-0.2, 0) is 4.74 Å².